The predicted octanol–water partition coefficient (Wildman–Crippen LogP) is 0.787. The van der Waals surface area contributed by atoms with E-state index in [2.05, 4.69) is 34.4 Å². The fourth-order valence-corrected chi connectivity index (χ4v) is 1.66. The van der Waals surface area contributed by atoms with E-state index in [-0.39, 0.29) is 0 Å². The molecule has 2 amide bonds. The summed E-state index contributed by atoms with van der Waals surface area (Å²) in [7, 11) is 0. The third-order valence-electron chi connectivity index (χ3n) is 2.97. The van der Waals surface area contributed by atoms with Crippen molar-refractivity contribution in [1.82, 2.24) is 15.2 Å². The lowest BCUT2D eigenvalue weighted by Crippen LogP contribution is -2.40. The molecule has 6 heteroatoms. The molecule has 0 aliphatic heterocycles. The van der Waals surface area contributed by atoms with Crippen LogP contribution in [0.4, 0.5) is 5.82 Å². The van der Waals surface area contributed by atoms with E-state index in [0.717, 1.165) is 25.2 Å². The minimum Gasteiger partial charge on any atom is -0.347 e. The number of carbonyl (C=O) groups excluding carboxylic acids is 2. The second-order valence-electron chi connectivity index (χ2n) is 4.46. The Labute approximate surface area is 119 Å². The van der Waals surface area contributed by atoms with Crippen LogP contribution in [0, 0.1) is 6.92 Å². The quantitative estimate of drug-likeness (QED) is 0.754. The van der Waals surface area contributed by atoms with Crippen LogP contribution in [0.2, 0.25) is 0 Å². The Kier molecular flexibility index (Phi) is 6.66. The van der Waals surface area contributed by atoms with Crippen LogP contribution in [0.5, 0.6) is 0 Å². The Bertz CT molecular complexity index is 441. The van der Waals surface area contributed by atoms with Crippen molar-refractivity contribution in [2.75, 3.05) is 31.5 Å². The fourth-order valence-electron chi connectivity index (χ4n) is 1.66. The first-order valence-electron chi connectivity index (χ1n) is 6.81. The van der Waals surface area contributed by atoms with E-state index in [9.17, 15) is 9.59 Å². The number of nitrogens with zero attached hydrogens (tertiary/aromatic N) is 2. The molecule has 1 heterocycles. The summed E-state index contributed by atoms with van der Waals surface area (Å²) in [5, 5.41) is 5.05. The van der Waals surface area contributed by atoms with Crippen LogP contribution in [-0.4, -0.2) is 47.9 Å². The zero-order valence-corrected chi connectivity index (χ0v) is 12.3. The summed E-state index contributed by atoms with van der Waals surface area (Å²) < 4.78 is 0. The van der Waals surface area contributed by atoms with E-state index in [1.807, 2.05) is 13.0 Å². The van der Waals surface area contributed by atoms with Crippen LogP contribution in [-0.2, 0) is 9.59 Å². The van der Waals surface area contributed by atoms with Gasteiger partial charge in [-0.2, -0.15) is 0 Å². The largest absolute Gasteiger partial charge is 0.347 e. The van der Waals surface area contributed by atoms with Gasteiger partial charge in [0.05, 0.1) is 0 Å². The summed E-state index contributed by atoms with van der Waals surface area (Å²) in [6.45, 7) is 9.04. The normalized spacial score (nSPS) is 10.4. The van der Waals surface area contributed by atoms with E-state index in [1.165, 1.54) is 0 Å². The van der Waals surface area contributed by atoms with Gasteiger partial charge in [0.15, 0.2) is 0 Å². The third-order valence-corrected chi connectivity index (χ3v) is 2.97. The first-order chi connectivity index (χ1) is 9.56. The van der Waals surface area contributed by atoms with E-state index < -0.39 is 11.8 Å². The van der Waals surface area contributed by atoms with Crippen molar-refractivity contribution in [2.24, 2.45) is 0 Å². The molecule has 0 radical (unpaired) electrons. The van der Waals surface area contributed by atoms with Gasteiger partial charge < -0.3 is 15.5 Å². The van der Waals surface area contributed by atoms with Gasteiger partial charge in [-0.3, -0.25) is 9.59 Å². The highest BCUT2D eigenvalue weighted by atomic mass is 16.2. The lowest BCUT2D eigenvalue weighted by atomic mass is 10.3. The maximum Gasteiger partial charge on any atom is 0.314 e. The summed E-state index contributed by atoms with van der Waals surface area (Å²) in [5.41, 5.74) is 0.992. The van der Waals surface area contributed by atoms with Crippen LogP contribution in [0.3, 0.4) is 0 Å². The molecule has 0 spiro atoms. The molecule has 1 aromatic rings. The van der Waals surface area contributed by atoms with Gasteiger partial charge in [-0.25, -0.2) is 4.98 Å². The fraction of sp³-hybridized carbons (Fsp3) is 0.500. The number of aromatic nitrogens is 1. The molecular formula is C14H22N4O2. The number of anilines is 1. The molecule has 0 unspecified atom stereocenters. The van der Waals surface area contributed by atoms with Gasteiger partial charge in [0, 0.05) is 19.3 Å². The zero-order chi connectivity index (χ0) is 15.0. The summed E-state index contributed by atoms with van der Waals surface area (Å²) in [5.74, 6) is -0.958. The number of likely N-dealkylation sites (N-methyl/N-ethyl adjacent to an activating group) is 1. The van der Waals surface area contributed by atoms with Gasteiger partial charge >= 0.3 is 11.8 Å². The maximum atomic E-state index is 11.6. The number of hydrogen-bond acceptors (Lipinski definition) is 4. The molecule has 0 saturated carbocycles. The van der Waals surface area contributed by atoms with Crippen molar-refractivity contribution in [1.29, 1.82) is 0 Å². The van der Waals surface area contributed by atoms with Gasteiger partial charge in [0.25, 0.3) is 0 Å². The van der Waals surface area contributed by atoms with Crippen LogP contribution in [0.25, 0.3) is 0 Å². The molecule has 0 atom stereocenters. The minimum absolute atomic E-state index is 0.375. The first-order valence-corrected chi connectivity index (χ1v) is 6.81. The SMILES string of the molecule is CCN(CC)CCNC(=O)C(=O)Nc1ccc(C)cn1. The molecule has 2 N–H and O–H groups in total. The molecule has 0 fully saturated rings. The Morgan fingerprint density at radius 3 is 2.45 bits per heavy atom. The van der Waals surface area contributed by atoms with Crippen molar-refractivity contribution < 1.29 is 9.59 Å². The Morgan fingerprint density at radius 1 is 1.20 bits per heavy atom. The Morgan fingerprint density at radius 2 is 1.90 bits per heavy atom. The second-order valence-corrected chi connectivity index (χ2v) is 4.46. The standard InChI is InChI=1S/C14H22N4O2/c1-4-18(5-2)9-8-15-13(19)14(20)17-12-7-6-11(3)10-16-12/h6-7,10H,4-5,8-9H2,1-3H3,(H,15,19)(H,16,17,20). The number of rotatable bonds is 6. The monoisotopic (exact) mass is 278 g/mol. The summed E-state index contributed by atoms with van der Waals surface area (Å²) >= 11 is 0. The maximum absolute atomic E-state index is 11.6. The van der Waals surface area contributed by atoms with Crippen molar-refractivity contribution in [2.45, 2.75) is 20.8 Å². The van der Waals surface area contributed by atoms with Crippen LogP contribution >= 0.6 is 0 Å². The predicted molar refractivity (Wildman–Crippen MR) is 78.4 cm³/mol. The van der Waals surface area contributed by atoms with Gasteiger partial charge in [0.1, 0.15) is 5.82 Å². The second kappa shape index (κ2) is 8.27. The van der Waals surface area contributed by atoms with Gasteiger partial charge in [-0.05, 0) is 31.6 Å². The molecule has 0 aliphatic carbocycles. The average Bonchev–Trinajstić information content (AvgIpc) is 2.45. The Balaban J connectivity index is 2.36. The van der Waals surface area contributed by atoms with Crippen LogP contribution < -0.4 is 10.6 Å². The molecule has 1 rings (SSSR count). The molecule has 6 nitrogen and oxygen atoms in total. The topological polar surface area (TPSA) is 74.3 Å². The highest BCUT2D eigenvalue weighted by Gasteiger charge is 2.13. The molecule has 0 saturated heterocycles. The number of nitrogens with one attached hydrogen (secondary N) is 2. The van der Waals surface area contributed by atoms with Gasteiger partial charge in [-0.15, -0.1) is 0 Å². The molecule has 110 valence electrons. The minimum atomic E-state index is -0.694. The van der Waals surface area contributed by atoms with Crippen molar-refractivity contribution in [3.63, 3.8) is 0 Å². The van der Waals surface area contributed by atoms with Gasteiger partial charge in [-0.1, -0.05) is 19.9 Å². The summed E-state index contributed by atoms with van der Waals surface area (Å²) in [6, 6.07) is 3.48. The van der Waals surface area contributed by atoms with E-state index in [0.29, 0.717) is 12.4 Å². The van der Waals surface area contributed by atoms with Crippen molar-refractivity contribution >= 4 is 17.6 Å². The van der Waals surface area contributed by atoms with E-state index >= 15 is 0 Å². The van der Waals surface area contributed by atoms with E-state index in [1.54, 1.807) is 12.3 Å². The van der Waals surface area contributed by atoms with Crippen LogP contribution in [0.1, 0.15) is 19.4 Å². The number of pyridine rings is 1. The first kappa shape index (κ1) is 16.1. The number of hydrogen-bond donors (Lipinski definition) is 2. The molecule has 0 bridgehead atoms. The number of aryl methyl sites for hydroxylation is 1. The number of amides is 2. The Hall–Kier alpha value is -1.95. The summed E-state index contributed by atoms with van der Waals surface area (Å²) in [6.07, 6.45) is 1.63. The highest BCUT2D eigenvalue weighted by molar-refractivity contribution is 6.39. The third kappa shape index (κ3) is 5.36. The van der Waals surface area contributed by atoms with E-state index in [4.69, 9.17) is 0 Å². The zero-order valence-electron chi connectivity index (χ0n) is 12.3. The smallest absolute Gasteiger partial charge is 0.314 e. The average molecular weight is 278 g/mol. The van der Waals surface area contributed by atoms with Crippen LogP contribution in [0.15, 0.2) is 18.3 Å². The lowest BCUT2D eigenvalue weighted by Gasteiger charge is -2.17. The summed E-state index contributed by atoms with van der Waals surface area (Å²) in [4.78, 5) is 29.4. The molecule has 0 aromatic carbocycles. The lowest BCUT2D eigenvalue weighted by molar-refractivity contribution is -0.136. The molecule has 0 aliphatic rings. The molecule has 20 heavy (non-hydrogen) atoms. The highest BCUT2D eigenvalue weighted by Crippen LogP contribution is 2.03. The number of carbonyl (C=O) groups is 2. The molecule has 1 aromatic heterocycles. The van der Waals surface area contributed by atoms with Gasteiger partial charge in [0.2, 0.25) is 0 Å². The molecular weight excluding hydrogens is 256 g/mol. The van der Waals surface area contributed by atoms with Crippen molar-refractivity contribution in [3.05, 3.63) is 23.9 Å². The van der Waals surface area contributed by atoms with Crippen molar-refractivity contribution in [3.8, 4) is 0 Å².